The number of nitriles is 1. The van der Waals surface area contributed by atoms with Crippen molar-refractivity contribution in [2.75, 3.05) is 0 Å². The van der Waals surface area contributed by atoms with Crippen LogP contribution in [0.2, 0.25) is 0 Å². The van der Waals surface area contributed by atoms with Crippen LogP contribution >= 0.6 is 15.9 Å². The second-order valence-corrected chi connectivity index (χ2v) is 3.51. The highest BCUT2D eigenvalue weighted by molar-refractivity contribution is 9.10. The molecule has 14 heavy (non-hydrogen) atoms. The van der Waals surface area contributed by atoms with Gasteiger partial charge in [0.15, 0.2) is 0 Å². The van der Waals surface area contributed by atoms with Gasteiger partial charge >= 0.3 is 0 Å². The smallest absolute Gasteiger partial charge is 0.130 e. The highest BCUT2D eigenvalue weighted by atomic mass is 79.9. The van der Waals surface area contributed by atoms with E-state index >= 15 is 0 Å². The van der Waals surface area contributed by atoms with Gasteiger partial charge in [-0.15, -0.1) is 0 Å². The van der Waals surface area contributed by atoms with Crippen LogP contribution in [0, 0.1) is 17.1 Å². The average Bonchev–Trinajstić information content (AvgIpc) is 2.14. The quantitative estimate of drug-likeness (QED) is 0.826. The predicted octanol–water partition coefficient (Wildman–Crippen LogP) is 2.70. The third kappa shape index (κ3) is 2.66. The summed E-state index contributed by atoms with van der Waals surface area (Å²) in [5.41, 5.74) is 0.153. The highest BCUT2D eigenvalue weighted by Crippen LogP contribution is 2.21. The van der Waals surface area contributed by atoms with E-state index in [4.69, 9.17) is 5.26 Å². The van der Waals surface area contributed by atoms with Gasteiger partial charge in [0.2, 0.25) is 0 Å². The van der Waals surface area contributed by atoms with Gasteiger partial charge in [0.05, 0.1) is 6.07 Å². The molecule has 0 amide bonds. The lowest BCUT2D eigenvalue weighted by Crippen LogP contribution is -1.96. The first kappa shape index (κ1) is 10.9. The van der Waals surface area contributed by atoms with E-state index in [1.165, 1.54) is 18.2 Å². The van der Waals surface area contributed by atoms with E-state index in [2.05, 4.69) is 15.9 Å². The second kappa shape index (κ2) is 4.89. The molecule has 2 nitrogen and oxygen atoms in total. The zero-order chi connectivity index (χ0) is 10.6. The summed E-state index contributed by atoms with van der Waals surface area (Å²) >= 11 is 3.11. The molecule has 0 aliphatic carbocycles. The molecule has 0 aliphatic heterocycles. The van der Waals surface area contributed by atoms with Gasteiger partial charge in [-0.3, -0.25) is 0 Å². The first-order chi connectivity index (χ1) is 6.65. The van der Waals surface area contributed by atoms with Gasteiger partial charge in [-0.25, -0.2) is 4.39 Å². The molecule has 0 bridgehead atoms. The van der Waals surface area contributed by atoms with Crippen molar-refractivity contribution in [2.45, 2.75) is 6.10 Å². The van der Waals surface area contributed by atoms with E-state index in [0.717, 1.165) is 6.08 Å². The van der Waals surface area contributed by atoms with E-state index < -0.39 is 11.9 Å². The summed E-state index contributed by atoms with van der Waals surface area (Å²) in [6, 6.07) is 6.08. The Kier molecular flexibility index (Phi) is 3.81. The summed E-state index contributed by atoms with van der Waals surface area (Å²) in [6.07, 6.45) is 1.26. The Morgan fingerprint density at radius 1 is 1.57 bits per heavy atom. The van der Waals surface area contributed by atoms with E-state index in [1.54, 1.807) is 12.1 Å². The Bertz CT molecular complexity index is 398. The van der Waals surface area contributed by atoms with E-state index in [9.17, 15) is 9.50 Å². The molecule has 0 spiro atoms. The molecule has 1 atom stereocenters. The number of benzene rings is 1. The predicted molar refractivity (Wildman–Crippen MR) is 53.8 cm³/mol. The monoisotopic (exact) mass is 255 g/mol. The van der Waals surface area contributed by atoms with Crippen molar-refractivity contribution < 1.29 is 9.50 Å². The molecule has 0 heterocycles. The van der Waals surface area contributed by atoms with Crippen molar-refractivity contribution in [3.05, 3.63) is 46.2 Å². The van der Waals surface area contributed by atoms with Crippen molar-refractivity contribution >= 4 is 15.9 Å². The number of rotatable bonds is 2. The largest absolute Gasteiger partial charge is 0.384 e. The maximum absolute atomic E-state index is 13.2. The van der Waals surface area contributed by atoms with Crippen LogP contribution in [0.15, 0.2) is 34.8 Å². The zero-order valence-corrected chi connectivity index (χ0v) is 8.70. The van der Waals surface area contributed by atoms with Gasteiger partial charge in [0, 0.05) is 16.1 Å². The summed E-state index contributed by atoms with van der Waals surface area (Å²) < 4.78 is 13.8. The number of aliphatic hydroxyl groups is 1. The fourth-order valence-electron chi connectivity index (χ4n) is 0.979. The van der Waals surface area contributed by atoms with Crippen molar-refractivity contribution in [1.82, 2.24) is 0 Å². The van der Waals surface area contributed by atoms with Crippen LogP contribution in [0.3, 0.4) is 0 Å². The van der Waals surface area contributed by atoms with Crippen LogP contribution in [0.5, 0.6) is 0 Å². The average molecular weight is 256 g/mol. The van der Waals surface area contributed by atoms with Gasteiger partial charge in [0.1, 0.15) is 11.9 Å². The third-order valence-electron chi connectivity index (χ3n) is 1.63. The van der Waals surface area contributed by atoms with E-state index in [0.29, 0.717) is 4.47 Å². The van der Waals surface area contributed by atoms with Crippen LogP contribution in [-0.4, -0.2) is 5.11 Å². The SMILES string of the molecule is N#C/C=C/C(O)c1ccc(Br)cc1F. The minimum atomic E-state index is -1.08. The molecule has 0 aromatic heterocycles. The van der Waals surface area contributed by atoms with Crippen LogP contribution in [0.1, 0.15) is 11.7 Å². The molecular formula is C10H7BrFNO. The van der Waals surface area contributed by atoms with E-state index in [-0.39, 0.29) is 5.56 Å². The third-order valence-corrected chi connectivity index (χ3v) is 2.13. The number of nitrogens with zero attached hydrogens (tertiary/aromatic N) is 1. The molecule has 1 aromatic carbocycles. The first-order valence-corrected chi connectivity index (χ1v) is 4.63. The lowest BCUT2D eigenvalue weighted by atomic mass is 10.1. The zero-order valence-electron chi connectivity index (χ0n) is 7.11. The van der Waals surface area contributed by atoms with E-state index in [1.807, 2.05) is 0 Å². The maximum Gasteiger partial charge on any atom is 0.130 e. The highest BCUT2D eigenvalue weighted by Gasteiger charge is 2.09. The van der Waals surface area contributed by atoms with Gasteiger partial charge in [-0.1, -0.05) is 22.0 Å². The number of allylic oxidation sites excluding steroid dienone is 1. The number of hydrogen-bond acceptors (Lipinski definition) is 2. The minimum absolute atomic E-state index is 0.153. The normalized spacial score (nSPS) is 12.7. The van der Waals surface area contributed by atoms with Crippen LogP contribution in [0.25, 0.3) is 0 Å². The minimum Gasteiger partial charge on any atom is -0.384 e. The standard InChI is InChI=1S/C10H7BrFNO/c11-7-3-4-8(9(12)6-7)10(14)2-1-5-13/h1-4,6,10,14H/b2-1+. The molecule has 0 fully saturated rings. The Labute approximate surface area is 89.4 Å². The molecule has 4 heteroatoms. The van der Waals surface area contributed by atoms with Crippen LogP contribution in [0.4, 0.5) is 4.39 Å². The van der Waals surface area contributed by atoms with Gasteiger partial charge in [-0.05, 0) is 18.2 Å². The molecule has 1 unspecified atom stereocenters. The number of hydrogen-bond donors (Lipinski definition) is 1. The molecule has 1 N–H and O–H groups in total. The Hall–Kier alpha value is -1.18. The number of halogens is 2. The summed E-state index contributed by atoms with van der Waals surface area (Å²) in [6.45, 7) is 0. The van der Waals surface area contributed by atoms with Gasteiger partial charge in [0.25, 0.3) is 0 Å². The Morgan fingerprint density at radius 3 is 2.86 bits per heavy atom. The number of aliphatic hydroxyl groups excluding tert-OH is 1. The maximum atomic E-state index is 13.2. The molecule has 0 aliphatic rings. The summed E-state index contributed by atoms with van der Waals surface area (Å²) in [4.78, 5) is 0. The molecule has 0 radical (unpaired) electrons. The lowest BCUT2D eigenvalue weighted by molar-refractivity contribution is 0.223. The molecule has 1 aromatic rings. The molecular weight excluding hydrogens is 249 g/mol. The summed E-state index contributed by atoms with van der Waals surface area (Å²) in [5.74, 6) is -0.505. The van der Waals surface area contributed by atoms with Gasteiger partial charge in [-0.2, -0.15) is 5.26 Å². The van der Waals surface area contributed by atoms with Crippen LogP contribution in [-0.2, 0) is 0 Å². The summed E-state index contributed by atoms with van der Waals surface area (Å²) in [5, 5.41) is 17.7. The molecule has 0 saturated heterocycles. The van der Waals surface area contributed by atoms with Crippen LogP contribution < -0.4 is 0 Å². The first-order valence-electron chi connectivity index (χ1n) is 3.84. The van der Waals surface area contributed by atoms with Gasteiger partial charge < -0.3 is 5.11 Å². The van der Waals surface area contributed by atoms with Crippen molar-refractivity contribution in [3.8, 4) is 6.07 Å². The van der Waals surface area contributed by atoms with Crippen molar-refractivity contribution in [1.29, 1.82) is 5.26 Å². The molecule has 0 saturated carbocycles. The summed E-state index contributed by atoms with van der Waals surface area (Å²) in [7, 11) is 0. The topological polar surface area (TPSA) is 44.0 Å². The van der Waals surface area contributed by atoms with Crippen molar-refractivity contribution in [3.63, 3.8) is 0 Å². The molecule has 1 rings (SSSR count). The fourth-order valence-corrected chi connectivity index (χ4v) is 1.31. The second-order valence-electron chi connectivity index (χ2n) is 2.60. The Morgan fingerprint density at radius 2 is 2.29 bits per heavy atom. The molecule has 72 valence electrons. The fraction of sp³-hybridized carbons (Fsp3) is 0.100. The lowest BCUT2D eigenvalue weighted by Gasteiger charge is -2.06. The Balaban J connectivity index is 2.97. The van der Waals surface area contributed by atoms with Crippen molar-refractivity contribution in [2.24, 2.45) is 0 Å².